The summed E-state index contributed by atoms with van der Waals surface area (Å²) >= 11 is 0. The molecule has 2 aliphatic rings. The summed E-state index contributed by atoms with van der Waals surface area (Å²) in [6.07, 6.45) is 10.2. The third-order valence-corrected chi connectivity index (χ3v) is 7.79. The Labute approximate surface area is 216 Å². The molecule has 1 aromatic carbocycles. The fourth-order valence-electron chi connectivity index (χ4n) is 5.49. The summed E-state index contributed by atoms with van der Waals surface area (Å²) < 4.78 is 16.8. The van der Waals surface area contributed by atoms with Crippen LogP contribution in [0, 0.1) is 12.8 Å². The topological polar surface area (TPSA) is 68.0 Å². The van der Waals surface area contributed by atoms with Gasteiger partial charge in [0.05, 0.1) is 25.5 Å². The predicted molar refractivity (Wildman–Crippen MR) is 142 cm³/mol. The quantitative estimate of drug-likeness (QED) is 0.380. The van der Waals surface area contributed by atoms with Crippen LogP contribution in [0.2, 0.25) is 0 Å². The highest BCUT2D eigenvalue weighted by Crippen LogP contribution is 2.34. The van der Waals surface area contributed by atoms with Crippen molar-refractivity contribution in [1.29, 1.82) is 0 Å². The molecule has 7 heteroatoms. The molecule has 0 aliphatic carbocycles. The Morgan fingerprint density at radius 3 is 2.44 bits per heavy atom. The van der Waals surface area contributed by atoms with Gasteiger partial charge in [0.25, 0.3) is 0 Å². The first-order valence-corrected chi connectivity index (χ1v) is 13.7. The van der Waals surface area contributed by atoms with E-state index in [9.17, 15) is 4.79 Å². The van der Waals surface area contributed by atoms with E-state index >= 15 is 0 Å². The molecule has 0 amide bonds. The monoisotopic (exact) mass is 497 g/mol. The Kier molecular flexibility index (Phi) is 9.82. The molecule has 2 fully saturated rings. The van der Waals surface area contributed by atoms with Crippen LogP contribution in [0.15, 0.2) is 22.6 Å². The maximum atomic E-state index is 12.8. The summed E-state index contributed by atoms with van der Waals surface area (Å²) in [6, 6.07) is 5.64. The third-order valence-electron chi connectivity index (χ3n) is 7.79. The van der Waals surface area contributed by atoms with E-state index in [1.807, 2.05) is 25.1 Å². The summed E-state index contributed by atoms with van der Waals surface area (Å²) in [6.45, 7) is 8.20. The number of unbranched alkanes of at least 4 members (excludes halogenated alkanes) is 1. The van der Waals surface area contributed by atoms with Crippen molar-refractivity contribution in [2.45, 2.75) is 71.3 Å². The lowest BCUT2D eigenvalue weighted by Crippen LogP contribution is -2.36. The van der Waals surface area contributed by atoms with E-state index in [-0.39, 0.29) is 5.92 Å². The number of oxazole rings is 1. The number of piperidine rings is 1. The maximum Gasteiger partial charge on any atom is 0.230 e. The van der Waals surface area contributed by atoms with E-state index in [0.29, 0.717) is 17.4 Å². The van der Waals surface area contributed by atoms with Crippen LogP contribution in [0.25, 0.3) is 11.5 Å². The van der Waals surface area contributed by atoms with Crippen LogP contribution < -0.4 is 9.47 Å². The third kappa shape index (κ3) is 7.10. The van der Waals surface area contributed by atoms with Crippen molar-refractivity contribution >= 4 is 5.78 Å². The zero-order valence-electron chi connectivity index (χ0n) is 22.4. The number of aromatic nitrogens is 1. The zero-order valence-corrected chi connectivity index (χ0v) is 22.4. The lowest BCUT2D eigenvalue weighted by Gasteiger charge is -2.30. The van der Waals surface area contributed by atoms with Crippen molar-refractivity contribution < 1.29 is 18.7 Å². The molecule has 2 saturated heterocycles. The maximum absolute atomic E-state index is 12.8. The molecule has 0 radical (unpaired) electrons. The number of ether oxygens (including phenoxy) is 2. The minimum absolute atomic E-state index is 0.219. The summed E-state index contributed by atoms with van der Waals surface area (Å²) in [5.74, 6) is 3.48. The fourth-order valence-corrected chi connectivity index (χ4v) is 5.49. The molecule has 2 aromatic rings. The number of carbonyl (C=O) groups is 1. The predicted octanol–water partition coefficient (Wildman–Crippen LogP) is 5.49. The molecule has 1 aromatic heterocycles. The van der Waals surface area contributed by atoms with Crippen molar-refractivity contribution in [3.05, 3.63) is 29.7 Å². The van der Waals surface area contributed by atoms with Gasteiger partial charge in [0, 0.05) is 24.9 Å². The van der Waals surface area contributed by atoms with Gasteiger partial charge in [-0.15, -0.1) is 0 Å². The van der Waals surface area contributed by atoms with Crippen molar-refractivity contribution in [2.75, 3.05) is 46.9 Å². The fraction of sp³-hybridized carbons (Fsp3) is 0.655. The van der Waals surface area contributed by atoms with Crippen LogP contribution >= 0.6 is 0 Å². The second kappa shape index (κ2) is 13.2. The number of Topliss-reactive ketones (excluding diaryl/α,β-unsaturated/α-hetero) is 1. The van der Waals surface area contributed by atoms with Crippen LogP contribution in [0.4, 0.5) is 0 Å². The van der Waals surface area contributed by atoms with E-state index in [1.165, 1.54) is 38.8 Å². The molecule has 2 aliphatic heterocycles. The highest BCUT2D eigenvalue weighted by atomic mass is 16.5. The first kappa shape index (κ1) is 26.7. The average molecular weight is 498 g/mol. The lowest BCUT2D eigenvalue weighted by atomic mass is 9.90. The van der Waals surface area contributed by atoms with Gasteiger partial charge in [-0.25, -0.2) is 4.98 Å². The van der Waals surface area contributed by atoms with Gasteiger partial charge in [0.15, 0.2) is 0 Å². The van der Waals surface area contributed by atoms with Gasteiger partial charge in [0.2, 0.25) is 5.89 Å². The highest BCUT2D eigenvalue weighted by molar-refractivity contribution is 5.81. The molecule has 7 nitrogen and oxygen atoms in total. The smallest absolute Gasteiger partial charge is 0.230 e. The number of methoxy groups -OCH3 is 2. The molecule has 0 saturated carbocycles. The number of likely N-dealkylation sites (tertiary alicyclic amines) is 2. The Bertz CT molecular complexity index is 973. The normalized spacial score (nSPS) is 18.2. The van der Waals surface area contributed by atoms with Crippen molar-refractivity contribution in [3.63, 3.8) is 0 Å². The van der Waals surface area contributed by atoms with E-state index in [0.717, 1.165) is 81.1 Å². The van der Waals surface area contributed by atoms with E-state index in [2.05, 4.69) is 9.80 Å². The molecule has 0 atom stereocenters. The summed E-state index contributed by atoms with van der Waals surface area (Å²) in [7, 11) is 3.27. The van der Waals surface area contributed by atoms with Crippen molar-refractivity contribution in [3.8, 4) is 23.0 Å². The van der Waals surface area contributed by atoms with Gasteiger partial charge >= 0.3 is 0 Å². The first-order chi connectivity index (χ1) is 17.6. The van der Waals surface area contributed by atoms with Gasteiger partial charge < -0.3 is 18.8 Å². The first-order valence-electron chi connectivity index (χ1n) is 13.7. The highest BCUT2D eigenvalue weighted by Gasteiger charge is 2.26. The second-order valence-corrected chi connectivity index (χ2v) is 10.3. The van der Waals surface area contributed by atoms with Gasteiger partial charge in [-0.1, -0.05) is 12.8 Å². The second-order valence-electron chi connectivity index (χ2n) is 10.3. The Morgan fingerprint density at radius 1 is 1.00 bits per heavy atom. The van der Waals surface area contributed by atoms with E-state index in [1.54, 1.807) is 14.2 Å². The number of aryl methyl sites for hydroxylation is 1. The number of benzene rings is 1. The molecule has 36 heavy (non-hydrogen) atoms. The molecule has 198 valence electrons. The average Bonchev–Trinajstić information content (AvgIpc) is 3.08. The number of carbonyl (C=O) groups excluding carboxylic acids is 1. The van der Waals surface area contributed by atoms with Crippen LogP contribution in [0.3, 0.4) is 0 Å². The molecule has 0 bridgehead atoms. The molecule has 4 rings (SSSR count). The molecule has 0 spiro atoms. The van der Waals surface area contributed by atoms with Crippen molar-refractivity contribution in [1.82, 2.24) is 14.8 Å². The van der Waals surface area contributed by atoms with Gasteiger partial charge in [-0.05, 0) is 90.3 Å². The Hall–Kier alpha value is -2.38. The molecule has 0 unspecified atom stereocenters. The van der Waals surface area contributed by atoms with E-state index < -0.39 is 0 Å². The minimum atomic E-state index is 0.219. The number of hydrogen-bond donors (Lipinski definition) is 0. The van der Waals surface area contributed by atoms with Gasteiger partial charge in [-0.2, -0.15) is 0 Å². The van der Waals surface area contributed by atoms with E-state index in [4.69, 9.17) is 18.9 Å². The lowest BCUT2D eigenvalue weighted by molar-refractivity contribution is -0.124. The zero-order chi connectivity index (χ0) is 25.3. The summed E-state index contributed by atoms with van der Waals surface area (Å²) in [4.78, 5) is 22.6. The van der Waals surface area contributed by atoms with Crippen LogP contribution in [0.1, 0.15) is 69.2 Å². The van der Waals surface area contributed by atoms with Crippen LogP contribution in [0.5, 0.6) is 11.5 Å². The van der Waals surface area contributed by atoms with Gasteiger partial charge in [-0.3, -0.25) is 9.69 Å². The largest absolute Gasteiger partial charge is 0.497 e. The molecule has 0 N–H and O–H groups in total. The number of ketones is 1. The Morgan fingerprint density at radius 2 is 1.75 bits per heavy atom. The SMILES string of the molecule is COc1ccc(-c2nc(CN3CCC(C(=O)CCCCN4CCCCCC4)CC3)c(C)o2)c(OC)c1. The van der Waals surface area contributed by atoms with Gasteiger partial charge in [0.1, 0.15) is 23.0 Å². The Balaban J connectivity index is 1.22. The summed E-state index contributed by atoms with van der Waals surface area (Å²) in [5, 5.41) is 0. The minimum Gasteiger partial charge on any atom is -0.497 e. The van der Waals surface area contributed by atoms with Crippen LogP contribution in [-0.4, -0.2) is 67.5 Å². The summed E-state index contributed by atoms with van der Waals surface area (Å²) in [5.41, 5.74) is 1.76. The van der Waals surface area contributed by atoms with Crippen LogP contribution in [-0.2, 0) is 11.3 Å². The number of hydrogen-bond acceptors (Lipinski definition) is 7. The standard InChI is InChI=1S/C29H43N3O4/c1-22-26(30-29(36-22)25-12-11-24(34-2)20-28(25)35-3)21-32-18-13-23(14-19-32)27(33)10-6-9-17-31-15-7-4-5-8-16-31/h11-12,20,23H,4-10,13-19,21H2,1-3H3. The molecular formula is C29H43N3O4. The van der Waals surface area contributed by atoms with Crippen molar-refractivity contribution in [2.24, 2.45) is 5.92 Å². The number of nitrogens with zero attached hydrogens (tertiary/aromatic N) is 3. The molecular weight excluding hydrogens is 454 g/mol. The molecule has 3 heterocycles. The number of rotatable bonds is 11.